The molecule has 0 atom stereocenters. The predicted octanol–water partition coefficient (Wildman–Crippen LogP) is 1.53. The number of benzene rings is 1. The lowest BCUT2D eigenvalue weighted by Gasteiger charge is -2.07. The van der Waals surface area contributed by atoms with Crippen molar-refractivity contribution in [2.24, 2.45) is 0 Å². The van der Waals surface area contributed by atoms with Gasteiger partial charge in [0.1, 0.15) is 17.0 Å². The van der Waals surface area contributed by atoms with E-state index in [2.05, 4.69) is 4.72 Å². The summed E-state index contributed by atoms with van der Waals surface area (Å²) in [5.74, 6) is 0.413. The zero-order valence-corrected chi connectivity index (χ0v) is 9.75. The minimum absolute atomic E-state index is 0.0916. The molecular formula is C9H9ClN2O3S. The minimum Gasteiger partial charge on any atom is -0.479 e. The number of sulfonamides is 1. The highest BCUT2D eigenvalue weighted by Gasteiger charge is 2.08. The monoisotopic (exact) mass is 260 g/mol. The Balaban J connectivity index is 2.79. The van der Waals surface area contributed by atoms with Crippen molar-refractivity contribution in [3.05, 3.63) is 24.3 Å². The first-order valence-corrected chi connectivity index (χ1v) is 6.42. The second-order valence-corrected chi connectivity index (χ2v) is 5.11. The molecule has 0 unspecified atom stereocenters. The van der Waals surface area contributed by atoms with Crippen molar-refractivity contribution in [3.8, 4) is 11.8 Å². The fourth-order valence-electron chi connectivity index (χ4n) is 0.972. The van der Waals surface area contributed by atoms with Crippen LogP contribution in [0.5, 0.6) is 5.75 Å². The van der Waals surface area contributed by atoms with Gasteiger partial charge in [0, 0.05) is 6.07 Å². The Morgan fingerprint density at radius 2 is 2.25 bits per heavy atom. The van der Waals surface area contributed by atoms with E-state index in [0.29, 0.717) is 11.4 Å². The summed E-state index contributed by atoms with van der Waals surface area (Å²) in [4.78, 5) is 0. The molecule has 16 heavy (non-hydrogen) atoms. The molecule has 0 radical (unpaired) electrons. The lowest BCUT2D eigenvalue weighted by atomic mass is 10.3. The fraction of sp³-hybridized carbons (Fsp3) is 0.222. The highest BCUT2D eigenvalue weighted by molar-refractivity contribution is 7.93. The largest absolute Gasteiger partial charge is 0.479 e. The van der Waals surface area contributed by atoms with Crippen molar-refractivity contribution in [2.45, 2.75) is 0 Å². The Morgan fingerprint density at radius 1 is 1.50 bits per heavy atom. The third kappa shape index (κ3) is 3.96. The van der Waals surface area contributed by atoms with Crippen LogP contribution in [0.4, 0.5) is 5.69 Å². The molecule has 0 amide bonds. The molecule has 1 N–H and O–H groups in total. The number of nitrogens with zero attached hydrogens (tertiary/aromatic N) is 1. The van der Waals surface area contributed by atoms with Gasteiger partial charge >= 0.3 is 0 Å². The van der Waals surface area contributed by atoms with Crippen molar-refractivity contribution < 1.29 is 13.2 Å². The van der Waals surface area contributed by atoms with Crippen molar-refractivity contribution in [1.82, 2.24) is 0 Å². The van der Waals surface area contributed by atoms with E-state index in [1.165, 1.54) is 6.07 Å². The van der Waals surface area contributed by atoms with Gasteiger partial charge in [-0.15, -0.1) is 11.6 Å². The van der Waals surface area contributed by atoms with Gasteiger partial charge in [0.2, 0.25) is 10.0 Å². The number of hydrogen-bond acceptors (Lipinski definition) is 4. The molecule has 0 saturated carbocycles. The highest BCUT2D eigenvalue weighted by Crippen LogP contribution is 2.18. The number of alkyl halides is 1. The predicted molar refractivity (Wildman–Crippen MR) is 60.8 cm³/mol. The van der Waals surface area contributed by atoms with Gasteiger partial charge in [0.25, 0.3) is 0 Å². The van der Waals surface area contributed by atoms with Crippen LogP contribution in [-0.2, 0) is 10.0 Å². The third-order valence-corrected chi connectivity index (χ3v) is 3.25. The molecule has 0 heterocycles. The summed E-state index contributed by atoms with van der Waals surface area (Å²) in [5, 5.41) is 7.80. The number of ether oxygens (including phenoxy) is 1. The Bertz CT molecular complexity index is 496. The van der Waals surface area contributed by atoms with E-state index >= 15 is 0 Å². The van der Waals surface area contributed by atoms with Gasteiger partial charge in [0.15, 0.2) is 6.61 Å². The van der Waals surface area contributed by atoms with Crippen LogP contribution >= 0.6 is 11.6 Å². The summed E-state index contributed by atoms with van der Waals surface area (Å²) >= 11 is 5.24. The van der Waals surface area contributed by atoms with Crippen molar-refractivity contribution in [3.63, 3.8) is 0 Å². The molecule has 0 spiro atoms. The maximum atomic E-state index is 11.2. The second-order valence-electron chi connectivity index (χ2n) is 2.80. The number of halogens is 1. The van der Waals surface area contributed by atoms with Gasteiger partial charge in [-0.3, -0.25) is 4.72 Å². The molecule has 7 heteroatoms. The summed E-state index contributed by atoms with van der Waals surface area (Å²) in [6, 6.07) is 8.08. The Kier molecular flexibility index (Phi) is 4.40. The molecule has 1 aromatic carbocycles. The summed E-state index contributed by atoms with van der Waals surface area (Å²) in [7, 11) is -3.51. The van der Waals surface area contributed by atoms with Gasteiger partial charge < -0.3 is 4.74 Å². The quantitative estimate of drug-likeness (QED) is 0.814. The summed E-state index contributed by atoms with van der Waals surface area (Å²) in [6.07, 6.45) is 0. The van der Waals surface area contributed by atoms with Gasteiger partial charge in [-0.05, 0) is 12.1 Å². The van der Waals surface area contributed by atoms with E-state index in [-0.39, 0.29) is 6.61 Å². The second kappa shape index (κ2) is 5.58. The third-order valence-electron chi connectivity index (χ3n) is 1.55. The van der Waals surface area contributed by atoms with E-state index in [1.807, 2.05) is 6.07 Å². The molecule has 86 valence electrons. The molecular weight excluding hydrogens is 252 g/mol. The molecule has 0 aliphatic carbocycles. The summed E-state index contributed by atoms with van der Waals surface area (Å²) < 4.78 is 29.6. The van der Waals surface area contributed by atoms with Crippen LogP contribution in [0.1, 0.15) is 0 Å². The molecule has 0 aliphatic heterocycles. The SMILES string of the molecule is N#CCOc1cccc(NS(=O)(=O)CCl)c1. The molecule has 0 aromatic heterocycles. The number of nitriles is 1. The lowest BCUT2D eigenvalue weighted by Crippen LogP contribution is -2.13. The normalized spacial score (nSPS) is 10.5. The van der Waals surface area contributed by atoms with Crippen LogP contribution in [0.25, 0.3) is 0 Å². The fourth-order valence-corrected chi connectivity index (χ4v) is 1.68. The molecule has 0 bridgehead atoms. The maximum Gasteiger partial charge on any atom is 0.246 e. The average Bonchev–Trinajstić information content (AvgIpc) is 2.26. The lowest BCUT2D eigenvalue weighted by molar-refractivity contribution is 0.368. The zero-order chi connectivity index (χ0) is 12.0. The Labute approximate surface area is 98.6 Å². The summed E-state index contributed by atoms with van der Waals surface area (Å²) in [5.41, 5.74) is 0.344. The van der Waals surface area contributed by atoms with E-state index < -0.39 is 15.2 Å². The first kappa shape index (κ1) is 12.6. The van der Waals surface area contributed by atoms with Crippen LogP contribution in [0.2, 0.25) is 0 Å². The standard InChI is InChI=1S/C9H9ClN2O3S/c10-7-16(13,14)12-8-2-1-3-9(6-8)15-5-4-11/h1-3,6,12H,5,7H2. The van der Waals surface area contributed by atoms with E-state index in [9.17, 15) is 8.42 Å². The first-order valence-electron chi connectivity index (χ1n) is 4.23. The van der Waals surface area contributed by atoms with Gasteiger partial charge in [-0.1, -0.05) is 6.07 Å². The molecule has 5 nitrogen and oxygen atoms in total. The molecule has 0 aliphatic rings. The topological polar surface area (TPSA) is 79.2 Å². The van der Waals surface area contributed by atoms with Crippen molar-refractivity contribution >= 4 is 27.3 Å². The van der Waals surface area contributed by atoms with Gasteiger partial charge in [0.05, 0.1) is 5.69 Å². The molecule has 0 fully saturated rings. The molecule has 1 rings (SSSR count). The van der Waals surface area contributed by atoms with Crippen LogP contribution in [0.15, 0.2) is 24.3 Å². The number of rotatable bonds is 5. The van der Waals surface area contributed by atoms with Gasteiger partial charge in [-0.25, -0.2) is 8.42 Å². The molecule has 1 aromatic rings. The number of hydrogen-bond donors (Lipinski definition) is 1. The number of nitrogens with one attached hydrogen (secondary N) is 1. The first-order chi connectivity index (χ1) is 7.57. The van der Waals surface area contributed by atoms with E-state index in [0.717, 1.165) is 0 Å². The zero-order valence-electron chi connectivity index (χ0n) is 8.18. The Hall–Kier alpha value is -1.45. The molecule has 0 saturated heterocycles. The van der Waals surface area contributed by atoms with Crippen molar-refractivity contribution in [2.75, 3.05) is 16.5 Å². The van der Waals surface area contributed by atoms with E-state index in [1.54, 1.807) is 18.2 Å². The van der Waals surface area contributed by atoms with Crippen LogP contribution < -0.4 is 9.46 Å². The average molecular weight is 261 g/mol. The van der Waals surface area contributed by atoms with Crippen LogP contribution in [-0.4, -0.2) is 20.2 Å². The van der Waals surface area contributed by atoms with E-state index in [4.69, 9.17) is 21.6 Å². The van der Waals surface area contributed by atoms with Crippen molar-refractivity contribution in [1.29, 1.82) is 5.26 Å². The Morgan fingerprint density at radius 3 is 2.88 bits per heavy atom. The highest BCUT2D eigenvalue weighted by atomic mass is 35.5. The van der Waals surface area contributed by atoms with Crippen LogP contribution in [0, 0.1) is 11.3 Å². The van der Waals surface area contributed by atoms with Gasteiger partial charge in [-0.2, -0.15) is 5.26 Å². The number of anilines is 1. The smallest absolute Gasteiger partial charge is 0.246 e. The summed E-state index contributed by atoms with van der Waals surface area (Å²) in [6.45, 7) is -0.0916. The maximum absolute atomic E-state index is 11.2. The minimum atomic E-state index is -3.51. The van der Waals surface area contributed by atoms with Crippen LogP contribution in [0.3, 0.4) is 0 Å².